The van der Waals surface area contributed by atoms with E-state index in [1.165, 1.54) is 55.3 Å². The number of nitrogens with zero attached hydrogens (tertiary/aromatic N) is 1. The minimum absolute atomic E-state index is 0.511. The Bertz CT molecular complexity index is 3490. The Morgan fingerprint density at radius 1 is 0.383 bits per heavy atom. The van der Waals surface area contributed by atoms with Gasteiger partial charge < -0.3 is 14.1 Å². The van der Waals surface area contributed by atoms with Crippen LogP contribution in [0.15, 0.2) is 217 Å². The highest BCUT2D eigenvalue weighted by molar-refractivity contribution is 6.15. The van der Waals surface area contributed by atoms with Gasteiger partial charge in [0.2, 0.25) is 0 Å². The van der Waals surface area contributed by atoms with Gasteiger partial charge in [-0.1, -0.05) is 152 Å². The summed E-state index contributed by atoms with van der Waals surface area (Å²) in [5, 5.41) is 6.90. The SMILES string of the molecule is c1ccc2c(c1)Oc1ccccc1C21c2ccccc2-c2c(-c3ccc(N(c4ccc5c(ccc6c7ccccc7oc56)c4)c4cccc5ccccc45)cc3)cccc21. The first-order chi connectivity index (χ1) is 29.8. The van der Waals surface area contributed by atoms with Gasteiger partial charge in [-0.3, -0.25) is 0 Å². The van der Waals surface area contributed by atoms with Crippen molar-refractivity contribution in [1.82, 2.24) is 0 Å². The van der Waals surface area contributed by atoms with Crippen molar-refractivity contribution in [2.24, 2.45) is 0 Å². The lowest BCUT2D eigenvalue weighted by Crippen LogP contribution is -2.32. The first-order valence-corrected chi connectivity index (χ1v) is 20.6. The molecule has 11 aromatic rings. The van der Waals surface area contributed by atoms with Gasteiger partial charge in [0.1, 0.15) is 22.7 Å². The predicted octanol–water partition coefficient (Wildman–Crippen LogP) is 15.5. The van der Waals surface area contributed by atoms with Crippen molar-refractivity contribution >= 4 is 60.5 Å². The molecule has 0 N–H and O–H groups in total. The van der Waals surface area contributed by atoms with Crippen LogP contribution in [0.1, 0.15) is 22.3 Å². The quantitative estimate of drug-likeness (QED) is 0.178. The Morgan fingerprint density at radius 3 is 1.83 bits per heavy atom. The summed E-state index contributed by atoms with van der Waals surface area (Å²) in [5.74, 6) is 1.80. The molecule has 2 heterocycles. The molecule has 0 bridgehead atoms. The molecule has 3 nitrogen and oxygen atoms in total. The van der Waals surface area contributed by atoms with Crippen molar-refractivity contribution in [3.05, 3.63) is 235 Å². The van der Waals surface area contributed by atoms with Crippen LogP contribution in [0.25, 0.3) is 65.7 Å². The maximum absolute atomic E-state index is 6.59. The van der Waals surface area contributed by atoms with Gasteiger partial charge in [0.05, 0.1) is 11.1 Å². The number of anilines is 3. The molecule has 13 rings (SSSR count). The first-order valence-electron chi connectivity index (χ1n) is 20.6. The number of hydrogen-bond acceptors (Lipinski definition) is 3. The molecule has 2 aliphatic rings. The maximum Gasteiger partial charge on any atom is 0.143 e. The fourth-order valence-electron chi connectivity index (χ4n) is 10.4. The van der Waals surface area contributed by atoms with E-state index in [-0.39, 0.29) is 0 Å². The smallest absolute Gasteiger partial charge is 0.143 e. The highest BCUT2D eigenvalue weighted by atomic mass is 16.5. The van der Waals surface area contributed by atoms with E-state index in [1.54, 1.807) is 0 Å². The molecule has 1 aliphatic carbocycles. The van der Waals surface area contributed by atoms with E-state index in [0.717, 1.165) is 61.3 Å². The Balaban J connectivity index is 0.988. The summed E-state index contributed by atoms with van der Waals surface area (Å²) < 4.78 is 13.0. The molecular weight excluding hydrogens is 731 g/mol. The molecule has 0 atom stereocenters. The van der Waals surface area contributed by atoms with E-state index < -0.39 is 5.41 Å². The number of furan rings is 1. The molecule has 60 heavy (non-hydrogen) atoms. The van der Waals surface area contributed by atoms with Gasteiger partial charge in [-0.2, -0.15) is 0 Å². The molecule has 280 valence electrons. The van der Waals surface area contributed by atoms with Crippen LogP contribution in [0, 0.1) is 0 Å². The third-order valence-corrected chi connectivity index (χ3v) is 12.9. The van der Waals surface area contributed by atoms with Crippen LogP contribution in [0.4, 0.5) is 17.1 Å². The van der Waals surface area contributed by atoms with E-state index in [0.29, 0.717) is 0 Å². The average Bonchev–Trinajstić information content (AvgIpc) is 3.84. The molecular formula is C57H35NO2. The molecule has 1 aliphatic heterocycles. The van der Waals surface area contributed by atoms with Crippen LogP contribution in [-0.2, 0) is 5.41 Å². The molecule has 0 fully saturated rings. The Kier molecular flexibility index (Phi) is 6.93. The van der Waals surface area contributed by atoms with E-state index in [9.17, 15) is 0 Å². The maximum atomic E-state index is 6.59. The predicted molar refractivity (Wildman–Crippen MR) is 246 cm³/mol. The molecule has 0 radical (unpaired) electrons. The van der Waals surface area contributed by atoms with Crippen molar-refractivity contribution in [2.45, 2.75) is 5.41 Å². The molecule has 0 unspecified atom stereocenters. The molecule has 0 amide bonds. The fourth-order valence-corrected chi connectivity index (χ4v) is 10.4. The number of hydrogen-bond donors (Lipinski definition) is 0. The van der Waals surface area contributed by atoms with Crippen molar-refractivity contribution < 1.29 is 9.15 Å². The summed E-state index contributed by atoms with van der Waals surface area (Å²) in [6, 6.07) is 76.7. The molecule has 1 spiro atoms. The first kappa shape index (κ1) is 33.1. The van der Waals surface area contributed by atoms with E-state index in [4.69, 9.17) is 9.15 Å². The van der Waals surface area contributed by atoms with E-state index in [1.807, 2.05) is 12.1 Å². The topological polar surface area (TPSA) is 25.6 Å². The zero-order valence-electron chi connectivity index (χ0n) is 32.5. The molecule has 10 aromatic carbocycles. The van der Waals surface area contributed by atoms with Crippen LogP contribution >= 0.6 is 0 Å². The zero-order valence-corrected chi connectivity index (χ0v) is 32.5. The average molecular weight is 766 g/mol. The fraction of sp³-hybridized carbons (Fsp3) is 0.0175. The van der Waals surface area contributed by atoms with Crippen molar-refractivity contribution in [3.8, 4) is 33.8 Å². The third kappa shape index (κ3) is 4.54. The Morgan fingerprint density at radius 2 is 1.00 bits per heavy atom. The summed E-state index contributed by atoms with van der Waals surface area (Å²) in [4.78, 5) is 2.39. The molecule has 0 saturated heterocycles. The van der Waals surface area contributed by atoms with Crippen LogP contribution in [0.2, 0.25) is 0 Å². The highest BCUT2D eigenvalue weighted by Gasteiger charge is 2.51. The highest BCUT2D eigenvalue weighted by Crippen LogP contribution is 2.63. The summed E-state index contributed by atoms with van der Waals surface area (Å²) in [6.07, 6.45) is 0. The van der Waals surface area contributed by atoms with Gasteiger partial charge in [0.15, 0.2) is 0 Å². The normalized spacial score (nSPS) is 13.3. The second-order valence-electron chi connectivity index (χ2n) is 15.9. The standard InChI is InChI=1S/C57H35NO2/c1-2-15-41-36(13-1)14-11-23-51(41)58(40-32-34-43-38(35-40)29-33-45-44-16-4-8-24-52(44)60-56(43)45)39-30-27-37(28-31-39)42-18-12-22-50-55(42)46-17-3-5-19-47(46)57(50)48-20-6-9-25-53(48)59-54-26-10-7-21-49(54)57/h1-35H. The lowest BCUT2D eigenvalue weighted by Gasteiger charge is -2.39. The van der Waals surface area contributed by atoms with Crippen molar-refractivity contribution in [3.63, 3.8) is 0 Å². The van der Waals surface area contributed by atoms with Crippen LogP contribution in [0.5, 0.6) is 11.5 Å². The molecule has 1 aromatic heterocycles. The molecule has 0 saturated carbocycles. The molecule has 3 heteroatoms. The van der Waals surface area contributed by atoms with E-state index >= 15 is 0 Å². The van der Waals surface area contributed by atoms with Gasteiger partial charge in [-0.05, 0) is 105 Å². The minimum Gasteiger partial charge on any atom is -0.457 e. The van der Waals surface area contributed by atoms with Crippen LogP contribution in [0.3, 0.4) is 0 Å². The Hall–Kier alpha value is -7.88. The van der Waals surface area contributed by atoms with Gasteiger partial charge in [-0.15, -0.1) is 0 Å². The van der Waals surface area contributed by atoms with Crippen LogP contribution in [-0.4, -0.2) is 0 Å². The van der Waals surface area contributed by atoms with Gasteiger partial charge >= 0.3 is 0 Å². The second-order valence-corrected chi connectivity index (χ2v) is 15.9. The minimum atomic E-state index is -0.511. The van der Waals surface area contributed by atoms with Gasteiger partial charge in [0, 0.05) is 44.0 Å². The lowest BCUT2D eigenvalue weighted by molar-refractivity contribution is 0.436. The van der Waals surface area contributed by atoms with Crippen molar-refractivity contribution in [2.75, 3.05) is 4.90 Å². The zero-order chi connectivity index (χ0) is 39.4. The van der Waals surface area contributed by atoms with Gasteiger partial charge in [0.25, 0.3) is 0 Å². The van der Waals surface area contributed by atoms with Crippen molar-refractivity contribution in [1.29, 1.82) is 0 Å². The van der Waals surface area contributed by atoms with Gasteiger partial charge in [-0.25, -0.2) is 0 Å². The largest absolute Gasteiger partial charge is 0.457 e. The summed E-state index contributed by atoms with van der Waals surface area (Å²) in [5.41, 5.74) is 14.4. The van der Waals surface area contributed by atoms with Crippen LogP contribution < -0.4 is 9.64 Å². The Labute approximate surface area is 347 Å². The summed E-state index contributed by atoms with van der Waals surface area (Å²) in [7, 11) is 0. The number of para-hydroxylation sites is 3. The monoisotopic (exact) mass is 765 g/mol. The number of benzene rings is 10. The summed E-state index contributed by atoms with van der Waals surface area (Å²) >= 11 is 0. The number of ether oxygens (including phenoxy) is 1. The number of fused-ring (bicyclic) bond motifs is 15. The number of rotatable bonds is 4. The summed E-state index contributed by atoms with van der Waals surface area (Å²) in [6.45, 7) is 0. The second kappa shape index (κ2) is 12.6. The van der Waals surface area contributed by atoms with E-state index in [2.05, 4.69) is 205 Å². The lowest BCUT2D eigenvalue weighted by atomic mass is 9.66. The third-order valence-electron chi connectivity index (χ3n) is 12.9.